The summed E-state index contributed by atoms with van der Waals surface area (Å²) < 4.78 is 0. The molecule has 20 heavy (non-hydrogen) atoms. The van der Waals surface area contributed by atoms with Gasteiger partial charge in [-0.25, -0.2) is 0 Å². The molecule has 0 spiro atoms. The zero-order chi connectivity index (χ0) is 14.5. The number of hydrogen-bond donors (Lipinski definition) is 1. The normalized spacial score (nSPS) is 13.9. The first kappa shape index (κ1) is 14.6. The van der Waals surface area contributed by atoms with Gasteiger partial charge in [-0.1, -0.05) is 19.1 Å². The van der Waals surface area contributed by atoms with Crippen molar-refractivity contribution in [3.8, 4) is 0 Å². The van der Waals surface area contributed by atoms with Gasteiger partial charge in [-0.05, 0) is 42.9 Å². The summed E-state index contributed by atoms with van der Waals surface area (Å²) in [5, 5.41) is 8.66. The van der Waals surface area contributed by atoms with Crippen molar-refractivity contribution in [2.45, 2.75) is 45.4 Å². The van der Waals surface area contributed by atoms with Gasteiger partial charge in [0.25, 0.3) is 0 Å². The van der Waals surface area contributed by atoms with Gasteiger partial charge in [0.1, 0.15) is 0 Å². The van der Waals surface area contributed by atoms with Gasteiger partial charge < -0.3 is 10.0 Å². The Morgan fingerprint density at radius 1 is 1.35 bits per heavy atom. The minimum Gasteiger partial charge on any atom is -0.481 e. The lowest BCUT2D eigenvalue weighted by Crippen LogP contribution is -2.34. The van der Waals surface area contributed by atoms with E-state index >= 15 is 0 Å². The van der Waals surface area contributed by atoms with Crippen molar-refractivity contribution in [1.29, 1.82) is 0 Å². The van der Waals surface area contributed by atoms with E-state index in [1.807, 2.05) is 24.0 Å². The van der Waals surface area contributed by atoms with Crippen LogP contribution in [0.3, 0.4) is 0 Å². The van der Waals surface area contributed by atoms with Crippen LogP contribution in [0.4, 0.5) is 5.69 Å². The predicted octanol–water partition coefficient (Wildman–Crippen LogP) is 2.78. The second-order valence-corrected chi connectivity index (χ2v) is 5.21. The molecule has 0 atom stereocenters. The van der Waals surface area contributed by atoms with Crippen LogP contribution < -0.4 is 4.90 Å². The second kappa shape index (κ2) is 6.55. The van der Waals surface area contributed by atoms with Crippen molar-refractivity contribution < 1.29 is 14.7 Å². The van der Waals surface area contributed by atoms with E-state index in [0.717, 1.165) is 37.1 Å². The summed E-state index contributed by atoms with van der Waals surface area (Å²) in [6.45, 7) is 2.69. The van der Waals surface area contributed by atoms with Crippen molar-refractivity contribution in [2.24, 2.45) is 0 Å². The van der Waals surface area contributed by atoms with Crippen molar-refractivity contribution in [1.82, 2.24) is 0 Å². The van der Waals surface area contributed by atoms with Gasteiger partial charge in [0.15, 0.2) is 0 Å². The van der Waals surface area contributed by atoms with E-state index < -0.39 is 5.97 Å². The summed E-state index contributed by atoms with van der Waals surface area (Å²) in [4.78, 5) is 24.3. The maximum Gasteiger partial charge on any atom is 0.303 e. The van der Waals surface area contributed by atoms with Gasteiger partial charge >= 0.3 is 5.97 Å². The Hall–Kier alpha value is -1.84. The van der Waals surface area contributed by atoms with Gasteiger partial charge in [-0.2, -0.15) is 0 Å². The zero-order valence-electron chi connectivity index (χ0n) is 11.9. The molecule has 1 aliphatic heterocycles. The van der Waals surface area contributed by atoms with Gasteiger partial charge in [-0.3, -0.25) is 9.59 Å². The van der Waals surface area contributed by atoms with E-state index in [9.17, 15) is 9.59 Å². The highest BCUT2D eigenvalue weighted by molar-refractivity contribution is 5.94. The summed E-state index contributed by atoms with van der Waals surface area (Å²) in [6.07, 6.45) is 4.16. The highest BCUT2D eigenvalue weighted by Crippen LogP contribution is 2.29. The molecule has 4 heteroatoms. The fourth-order valence-corrected chi connectivity index (χ4v) is 2.70. The van der Waals surface area contributed by atoms with Gasteiger partial charge in [-0.15, -0.1) is 0 Å². The van der Waals surface area contributed by atoms with Crippen molar-refractivity contribution in [3.63, 3.8) is 0 Å². The molecule has 0 radical (unpaired) electrons. The highest BCUT2D eigenvalue weighted by atomic mass is 16.4. The first-order valence-electron chi connectivity index (χ1n) is 7.25. The Kier molecular flexibility index (Phi) is 4.77. The monoisotopic (exact) mass is 275 g/mol. The molecule has 0 saturated carbocycles. The number of carboxylic acids is 1. The molecule has 0 unspecified atom stereocenters. The van der Waals surface area contributed by atoms with Gasteiger partial charge in [0.05, 0.1) is 0 Å². The molecule has 1 aromatic carbocycles. The average molecular weight is 275 g/mol. The zero-order valence-corrected chi connectivity index (χ0v) is 11.9. The van der Waals surface area contributed by atoms with Crippen LogP contribution in [0.1, 0.15) is 43.7 Å². The molecular weight excluding hydrogens is 254 g/mol. The van der Waals surface area contributed by atoms with Crippen molar-refractivity contribution >= 4 is 17.6 Å². The van der Waals surface area contributed by atoms with Gasteiger partial charge in [0.2, 0.25) is 5.91 Å². The number of carbonyl (C=O) groups is 2. The third kappa shape index (κ3) is 3.38. The SMILES string of the molecule is CCC(=O)N1CCCc2cc(CCCC(=O)O)ccc21. The number of carboxylic acid groups (broad SMARTS) is 1. The summed E-state index contributed by atoms with van der Waals surface area (Å²) >= 11 is 0. The molecule has 1 amide bonds. The molecule has 2 rings (SSSR count). The summed E-state index contributed by atoms with van der Waals surface area (Å²) in [6, 6.07) is 6.16. The van der Waals surface area contributed by atoms with Crippen LogP contribution in [-0.4, -0.2) is 23.5 Å². The van der Waals surface area contributed by atoms with Crippen LogP contribution in [0.25, 0.3) is 0 Å². The van der Waals surface area contributed by atoms with E-state index in [4.69, 9.17) is 5.11 Å². The molecule has 0 aromatic heterocycles. The predicted molar refractivity (Wildman–Crippen MR) is 78.0 cm³/mol. The first-order valence-corrected chi connectivity index (χ1v) is 7.25. The first-order chi connectivity index (χ1) is 9.61. The molecule has 0 aliphatic carbocycles. The molecule has 0 fully saturated rings. The molecule has 1 N–H and O–H groups in total. The Morgan fingerprint density at radius 3 is 2.85 bits per heavy atom. The van der Waals surface area contributed by atoms with E-state index in [2.05, 4.69) is 6.07 Å². The average Bonchev–Trinajstić information content (AvgIpc) is 2.45. The number of rotatable bonds is 5. The Labute approximate surface area is 119 Å². The van der Waals surface area contributed by atoms with Crippen LogP contribution in [-0.2, 0) is 22.4 Å². The number of carbonyl (C=O) groups excluding carboxylic acids is 1. The van der Waals surface area contributed by atoms with Gasteiger partial charge in [0, 0.05) is 25.1 Å². The fraction of sp³-hybridized carbons (Fsp3) is 0.500. The lowest BCUT2D eigenvalue weighted by Gasteiger charge is -2.29. The third-order valence-corrected chi connectivity index (χ3v) is 3.72. The number of aryl methyl sites for hydroxylation is 2. The number of anilines is 1. The standard InChI is InChI=1S/C16H21NO3/c1-2-15(18)17-10-4-6-13-11-12(8-9-14(13)17)5-3-7-16(19)20/h8-9,11H,2-7,10H2,1H3,(H,19,20). The lowest BCUT2D eigenvalue weighted by atomic mass is 9.97. The molecular formula is C16H21NO3. The van der Waals surface area contributed by atoms with E-state index in [1.165, 1.54) is 5.56 Å². The number of aliphatic carboxylic acids is 1. The summed E-state index contributed by atoms with van der Waals surface area (Å²) in [7, 11) is 0. The van der Waals surface area contributed by atoms with Crippen LogP contribution >= 0.6 is 0 Å². The molecule has 0 bridgehead atoms. The minimum absolute atomic E-state index is 0.171. The highest BCUT2D eigenvalue weighted by Gasteiger charge is 2.21. The number of nitrogens with zero attached hydrogens (tertiary/aromatic N) is 1. The van der Waals surface area contributed by atoms with Crippen molar-refractivity contribution in [3.05, 3.63) is 29.3 Å². The Bertz CT molecular complexity index is 510. The number of hydrogen-bond acceptors (Lipinski definition) is 2. The molecule has 1 aliphatic rings. The fourth-order valence-electron chi connectivity index (χ4n) is 2.70. The smallest absolute Gasteiger partial charge is 0.303 e. The van der Waals surface area contributed by atoms with Crippen LogP contribution in [0.15, 0.2) is 18.2 Å². The molecule has 1 aromatic rings. The van der Waals surface area contributed by atoms with Crippen LogP contribution in [0.5, 0.6) is 0 Å². The number of amides is 1. The molecule has 1 heterocycles. The maximum atomic E-state index is 11.9. The summed E-state index contributed by atoms with van der Waals surface area (Å²) in [5.74, 6) is -0.577. The maximum absolute atomic E-state index is 11.9. The lowest BCUT2D eigenvalue weighted by molar-refractivity contribution is -0.137. The summed E-state index contributed by atoms with van der Waals surface area (Å²) in [5.41, 5.74) is 3.41. The largest absolute Gasteiger partial charge is 0.481 e. The minimum atomic E-state index is -0.748. The van der Waals surface area contributed by atoms with E-state index in [1.54, 1.807) is 0 Å². The number of benzene rings is 1. The quantitative estimate of drug-likeness (QED) is 0.899. The van der Waals surface area contributed by atoms with E-state index in [0.29, 0.717) is 12.8 Å². The third-order valence-electron chi connectivity index (χ3n) is 3.72. The van der Waals surface area contributed by atoms with E-state index in [-0.39, 0.29) is 12.3 Å². The molecule has 0 saturated heterocycles. The second-order valence-electron chi connectivity index (χ2n) is 5.21. The Balaban J connectivity index is 2.10. The molecule has 108 valence electrons. The van der Waals surface area contributed by atoms with Crippen LogP contribution in [0.2, 0.25) is 0 Å². The Morgan fingerprint density at radius 2 is 2.15 bits per heavy atom. The topological polar surface area (TPSA) is 57.6 Å². The molecule has 4 nitrogen and oxygen atoms in total. The van der Waals surface area contributed by atoms with Crippen LogP contribution in [0, 0.1) is 0 Å². The van der Waals surface area contributed by atoms with Crippen molar-refractivity contribution in [2.75, 3.05) is 11.4 Å². The number of fused-ring (bicyclic) bond motifs is 1.